The summed E-state index contributed by atoms with van der Waals surface area (Å²) in [5.41, 5.74) is 1.55. The minimum atomic E-state index is -0.756. The fourth-order valence-electron chi connectivity index (χ4n) is 1.92. The van der Waals surface area contributed by atoms with Gasteiger partial charge in [0.05, 0.1) is 0 Å². The van der Waals surface area contributed by atoms with Crippen LogP contribution in [0.25, 0.3) is 0 Å². The molecule has 0 fully saturated rings. The molecule has 0 bridgehead atoms. The molecule has 0 saturated carbocycles. The van der Waals surface area contributed by atoms with Crippen LogP contribution in [0.4, 0.5) is 8.78 Å². The highest BCUT2D eigenvalue weighted by atomic mass is 19.1. The van der Waals surface area contributed by atoms with E-state index in [1.807, 2.05) is 0 Å². The van der Waals surface area contributed by atoms with Crippen molar-refractivity contribution in [2.45, 2.75) is 13.0 Å². The van der Waals surface area contributed by atoms with Crippen LogP contribution < -0.4 is 10.6 Å². The molecule has 0 radical (unpaired) electrons. The Balaban J connectivity index is 1.71. The van der Waals surface area contributed by atoms with E-state index in [4.69, 9.17) is 0 Å². The van der Waals surface area contributed by atoms with Gasteiger partial charge in [-0.25, -0.2) is 8.78 Å². The molecule has 2 amide bonds. The van der Waals surface area contributed by atoms with E-state index in [0.717, 1.165) is 5.56 Å². The molecule has 4 nitrogen and oxygen atoms in total. The van der Waals surface area contributed by atoms with Crippen molar-refractivity contribution in [3.05, 3.63) is 71.3 Å². The van der Waals surface area contributed by atoms with E-state index in [2.05, 4.69) is 10.6 Å². The van der Waals surface area contributed by atoms with Crippen LogP contribution in [0.5, 0.6) is 0 Å². The van der Waals surface area contributed by atoms with Crippen molar-refractivity contribution < 1.29 is 18.4 Å². The zero-order valence-electron chi connectivity index (χ0n) is 12.3. The highest BCUT2D eigenvalue weighted by Crippen LogP contribution is 2.03. The summed E-state index contributed by atoms with van der Waals surface area (Å²) in [5, 5.41) is 4.94. The molecule has 2 rings (SSSR count). The van der Waals surface area contributed by atoms with Gasteiger partial charge in [0.15, 0.2) is 0 Å². The molecule has 0 aliphatic heterocycles. The predicted octanol–water partition coefficient (Wildman–Crippen LogP) is 1.94. The zero-order valence-corrected chi connectivity index (χ0v) is 12.3. The monoisotopic (exact) mass is 318 g/mol. The van der Waals surface area contributed by atoms with Crippen molar-refractivity contribution in [2.24, 2.45) is 0 Å². The molecule has 0 spiro atoms. The smallest absolute Gasteiger partial charge is 0.309 e. The first kappa shape index (κ1) is 16.6. The third-order valence-electron chi connectivity index (χ3n) is 3.19. The average Bonchev–Trinajstić information content (AvgIpc) is 2.55. The van der Waals surface area contributed by atoms with E-state index < -0.39 is 11.8 Å². The quantitative estimate of drug-likeness (QED) is 0.828. The summed E-state index contributed by atoms with van der Waals surface area (Å²) in [6, 6.07) is 11.5. The largest absolute Gasteiger partial charge is 0.348 e. The number of amides is 2. The van der Waals surface area contributed by atoms with Gasteiger partial charge in [0.25, 0.3) is 0 Å². The lowest BCUT2D eigenvalue weighted by Crippen LogP contribution is -2.40. The fourth-order valence-corrected chi connectivity index (χ4v) is 1.92. The second-order valence-corrected chi connectivity index (χ2v) is 4.94. The van der Waals surface area contributed by atoms with Crippen LogP contribution in [-0.2, 0) is 22.6 Å². The number of nitrogens with one attached hydrogen (secondary N) is 2. The average molecular weight is 318 g/mol. The van der Waals surface area contributed by atoms with Crippen LogP contribution in [-0.4, -0.2) is 18.4 Å². The van der Waals surface area contributed by atoms with Crippen molar-refractivity contribution >= 4 is 11.8 Å². The molecule has 2 N–H and O–H groups in total. The number of hydrogen-bond acceptors (Lipinski definition) is 2. The molecule has 0 atom stereocenters. The third-order valence-corrected chi connectivity index (χ3v) is 3.19. The highest BCUT2D eigenvalue weighted by Gasteiger charge is 2.12. The second-order valence-electron chi connectivity index (χ2n) is 4.94. The Bertz CT molecular complexity index is 670. The van der Waals surface area contributed by atoms with E-state index in [9.17, 15) is 18.4 Å². The van der Waals surface area contributed by atoms with Gasteiger partial charge in [0.2, 0.25) is 0 Å². The highest BCUT2D eigenvalue weighted by molar-refractivity contribution is 6.35. The molecule has 6 heteroatoms. The van der Waals surface area contributed by atoms with Crippen molar-refractivity contribution in [1.82, 2.24) is 10.6 Å². The SMILES string of the molecule is O=C(NCCc1ccc(F)cc1)C(=O)NCc1ccc(F)cc1. The number of benzene rings is 2. The lowest BCUT2D eigenvalue weighted by molar-refractivity contribution is -0.139. The van der Waals surface area contributed by atoms with Crippen molar-refractivity contribution in [3.8, 4) is 0 Å². The Morgan fingerprint density at radius 3 is 1.78 bits per heavy atom. The lowest BCUT2D eigenvalue weighted by Gasteiger charge is -2.07. The Morgan fingerprint density at radius 1 is 0.739 bits per heavy atom. The first-order chi connectivity index (χ1) is 11.0. The maximum absolute atomic E-state index is 12.7. The van der Waals surface area contributed by atoms with Crippen LogP contribution in [0.15, 0.2) is 48.5 Å². The van der Waals surface area contributed by atoms with E-state index in [0.29, 0.717) is 12.0 Å². The first-order valence-corrected chi connectivity index (χ1v) is 7.09. The van der Waals surface area contributed by atoms with Gasteiger partial charge in [0, 0.05) is 13.1 Å². The summed E-state index contributed by atoms with van der Waals surface area (Å²) in [4.78, 5) is 23.2. The van der Waals surface area contributed by atoms with E-state index in [-0.39, 0.29) is 24.7 Å². The molecule has 0 aromatic heterocycles. The predicted molar refractivity (Wildman–Crippen MR) is 81.4 cm³/mol. The van der Waals surface area contributed by atoms with Crippen LogP contribution in [0.1, 0.15) is 11.1 Å². The second kappa shape index (κ2) is 8.03. The molecule has 2 aromatic carbocycles. The number of carbonyl (C=O) groups is 2. The Morgan fingerprint density at radius 2 is 1.22 bits per heavy atom. The summed E-state index contributed by atoms with van der Waals surface area (Å²) in [6.07, 6.45) is 0.497. The van der Waals surface area contributed by atoms with Gasteiger partial charge in [-0.15, -0.1) is 0 Å². The van der Waals surface area contributed by atoms with E-state index >= 15 is 0 Å². The Hall–Kier alpha value is -2.76. The maximum atomic E-state index is 12.7. The summed E-state index contributed by atoms with van der Waals surface area (Å²) in [7, 11) is 0. The van der Waals surface area contributed by atoms with Gasteiger partial charge in [-0.2, -0.15) is 0 Å². The molecular formula is C17H16F2N2O2. The van der Waals surface area contributed by atoms with Gasteiger partial charge in [-0.1, -0.05) is 24.3 Å². The van der Waals surface area contributed by atoms with Gasteiger partial charge in [-0.05, 0) is 41.8 Å². The van der Waals surface area contributed by atoms with Gasteiger partial charge in [-0.3, -0.25) is 9.59 Å². The minimum Gasteiger partial charge on any atom is -0.348 e. The summed E-state index contributed by atoms with van der Waals surface area (Å²) in [6.45, 7) is 0.416. The Kier molecular flexibility index (Phi) is 5.80. The number of hydrogen-bond donors (Lipinski definition) is 2. The molecule has 0 unspecified atom stereocenters. The van der Waals surface area contributed by atoms with Crippen molar-refractivity contribution in [2.75, 3.05) is 6.54 Å². The van der Waals surface area contributed by atoms with Crippen molar-refractivity contribution in [3.63, 3.8) is 0 Å². The fraction of sp³-hybridized carbons (Fsp3) is 0.176. The Labute approximate surface area is 132 Å². The van der Waals surface area contributed by atoms with E-state index in [1.165, 1.54) is 36.4 Å². The maximum Gasteiger partial charge on any atom is 0.309 e. The molecular weight excluding hydrogens is 302 g/mol. The standard InChI is InChI=1S/C17H16F2N2O2/c18-14-5-1-12(2-6-14)9-10-20-16(22)17(23)21-11-13-3-7-15(19)8-4-13/h1-8H,9-11H2,(H,20,22)(H,21,23). The number of rotatable bonds is 5. The third kappa shape index (κ3) is 5.50. The molecule has 23 heavy (non-hydrogen) atoms. The van der Waals surface area contributed by atoms with E-state index in [1.54, 1.807) is 12.1 Å². The lowest BCUT2D eigenvalue weighted by atomic mass is 10.1. The minimum absolute atomic E-state index is 0.143. The summed E-state index contributed by atoms with van der Waals surface area (Å²) < 4.78 is 25.5. The molecule has 0 saturated heterocycles. The molecule has 120 valence electrons. The first-order valence-electron chi connectivity index (χ1n) is 7.09. The van der Waals surface area contributed by atoms with Crippen LogP contribution in [0, 0.1) is 11.6 Å². The van der Waals surface area contributed by atoms with Crippen LogP contribution in [0.3, 0.4) is 0 Å². The topological polar surface area (TPSA) is 58.2 Å². The molecule has 2 aromatic rings. The number of halogens is 2. The zero-order chi connectivity index (χ0) is 16.7. The van der Waals surface area contributed by atoms with Crippen LogP contribution in [0.2, 0.25) is 0 Å². The molecule has 0 aliphatic carbocycles. The summed E-state index contributed by atoms with van der Waals surface area (Å²) in [5.74, 6) is -2.18. The molecule has 0 aliphatic rings. The number of carbonyl (C=O) groups excluding carboxylic acids is 2. The van der Waals surface area contributed by atoms with Gasteiger partial charge in [0.1, 0.15) is 11.6 Å². The van der Waals surface area contributed by atoms with Gasteiger partial charge < -0.3 is 10.6 Å². The van der Waals surface area contributed by atoms with Crippen LogP contribution >= 0.6 is 0 Å². The normalized spacial score (nSPS) is 10.2. The summed E-state index contributed by atoms with van der Waals surface area (Å²) >= 11 is 0. The molecule has 0 heterocycles. The van der Waals surface area contributed by atoms with Crippen molar-refractivity contribution in [1.29, 1.82) is 0 Å². The van der Waals surface area contributed by atoms with Gasteiger partial charge >= 0.3 is 11.8 Å².